The first-order valence-electron chi connectivity index (χ1n) is 6.83. The topological polar surface area (TPSA) is 30.5 Å². The third kappa shape index (κ3) is 3.67. The molecule has 3 heteroatoms. The molecule has 0 radical (unpaired) electrons. The molecule has 0 aliphatic carbocycles. The van der Waals surface area contributed by atoms with Crippen molar-refractivity contribution < 1.29 is 9.47 Å². The summed E-state index contributed by atoms with van der Waals surface area (Å²) in [7, 11) is 1.65. The zero-order valence-electron chi connectivity index (χ0n) is 12.3. The number of aryl methyl sites for hydroxylation is 1. The molecule has 3 nitrogen and oxygen atoms in total. The lowest BCUT2D eigenvalue weighted by Crippen LogP contribution is -2.01. The molecule has 0 aromatic heterocycles. The van der Waals surface area contributed by atoms with E-state index in [1.54, 1.807) is 7.11 Å². The maximum Gasteiger partial charge on any atom is 0.163 e. The van der Waals surface area contributed by atoms with Crippen LogP contribution in [0.4, 0.5) is 5.69 Å². The summed E-state index contributed by atoms with van der Waals surface area (Å²) in [5.74, 6) is 1.52. The lowest BCUT2D eigenvalue weighted by atomic mass is 10.1. The molecule has 0 heterocycles. The molecular formula is C17H21NO2. The Morgan fingerprint density at radius 2 is 1.75 bits per heavy atom. The Bertz CT molecular complexity index is 549. The number of rotatable bonds is 6. The van der Waals surface area contributed by atoms with Crippen molar-refractivity contribution in [3.05, 3.63) is 53.6 Å². The fraction of sp³-hybridized carbons (Fsp3) is 0.294. The average Bonchev–Trinajstić information content (AvgIpc) is 2.47. The number of methoxy groups -OCH3 is 1. The quantitative estimate of drug-likeness (QED) is 0.861. The smallest absolute Gasteiger partial charge is 0.163 e. The van der Waals surface area contributed by atoms with Gasteiger partial charge in [-0.3, -0.25) is 0 Å². The van der Waals surface area contributed by atoms with Gasteiger partial charge in [0, 0.05) is 18.3 Å². The van der Waals surface area contributed by atoms with E-state index in [1.807, 2.05) is 25.1 Å². The van der Waals surface area contributed by atoms with Crippen molar-refractivity contribution in [1.82, 2.24) is 0 Å². The van der Waals surface area contributed by atoms with Crippen LogP contribution in [0.2, 0.25) is 0 Å². The van der Waals surface area contributed by atoms with E-state index < -0.39 is 0 Å². The SMILES string of the molecule is CCOc1cc(NCc2ccc(C)cc2)ccc1OC. The maximum absolute atomic E-state index is 5.57. The van der Waals surface area contributed by atoms with Gasteiger partial charge in [0.05, 0.1) is 13.7 Å². The Hall–Kier alpha value is -2.16. The molecule has 0 unspecified atom stereocenters. The van der Waals surface area contributed by atoms with Gasteiger partial charge in [0.25, 0.3) is 0 Å². The van der Waals surface area contributed by atoms with Crippen LogP contribution in [0, 0.1) is 6.92 Å². The summed E-state index contributed by atoms with van der Waals surface area (Å²) >= 11 is 0. The highest BCUT2D eigenvalue weighted by atomic mass is 16.5. The van der Waals surface area contributed by atoms with E-state index in [4.69, 9.17) is 9.47 Å². The highest BCUT2D eigenvalue weighted by Gasteiger charge is 2.05. The second-order valence-corrected chi connectivity index (χ2v) is 4.64. The minimum Gasteiger partial charge on any atom is -0.493 e. The molecule has 106 valence electrons. The van der Waals surface area contributed by atoms with Gasteiger partial charge in [0.1, 0.15) is 0 Å². The summed E-state index contributed by atoms with van der Waals surface area (Å²) < 4.78 is 10.8. The molecule has 20 heavy (non-hydrogen) atoms. The van der Waals surface area contributed by atoms with E-state index in [9.17, 15) is 0 Å². The largest absolute Gasteiger partial charge is 0.493 e. The molecule has 0 bridgehead atoms. The predicted molar refractivity (Wildman–Crippen MR) is 82.7 cm³/mol. The number of benzene rings is 2. The molecule has 0 atom stereocenters. The second kappa shape index (κ2) is 6.85. The Labute approximate surface area is 120 Å². The lowest BCUT2D eigenvalue weighted by Gasteiger charge is -2.12. The molecular weight excluding hydrogens is 250 g/mol. The minimum atomic E-state index is 0.623. The summed E-state index contributed by atoms with van der Waals surface area (Å²) in [5, 5.41) is 3.39. The molecule has 2 aromatic rings. The summed E-state index contributed by atoms with van der Waals surface area (Å²) in [6.45, 7) is 5.47. The maximum atomic E-state index is 5.57. The Balaban J connectivity index is 2.05. The lowest BCUT2D eigenvalue weighted by molar-refractivity contribution is 0.311. The fourth-order valence-electron chi connectivity index (χ4n) is 1.97. The van der Waals surface area contributed by atoms with E-state index in [0.29, 0.717) is 6.61 Å². The molecule has 1 N–H and O–H groups in total. The van der Waals surface area contributed by atoms with Crippen molar-refractivity contribution in [2.24, 2.45) is 0 Å². The first-order valence-corrected chi connectivity index (χ1v) is 6.83. The van der Waals surface area contributed by atoms with Gasteiger partial charge in [-0.1, -0.05) is 29.8 Å². The summed E-state index contributed by atoms with van der Waals surface area (Å²) in [4.78, 5) is 0. The molecule has 0 spiro atoms. The molecule has 2 rings (SSSR count). The van der Waals surface area contributed by atoms with Gasteiger partial charge in [-0.15, -0.1) is 0 Å². The number of ether oxygens (including phenoxy) is 2. The van der Waals surface area contributed by atoms with E-state index in [0.717, 1.165) is 23.7 Å². The first-order chi connectivity index (χ1) is 9.72. The van der Waals surface area contributed by atoms with Crippen LogP contribution in [-0.2, 0) is 6.54 Å². The summed E-state index contributed by atoms with van der Waals surface area (Å²) in [6, 6.07) is 14.4. The van der Waals surface area contributed by atoms with Gasteiger partial charge in [0.15, 0.2) is 11.5 Å². The van der Waals surface area contributed by atoms with Crippen molar-refractivity contribution in [2.45, 2.75) is 20.4 Å². The van der Waals surface area contributed by atoms with Crippen LogP contribution in [0.5, 0.6) is 11.5 Å². The van der Waals surface area contributed by atoms with Crippen molar-refractivity contribution in [1.29, 1.82) is 0 Å². The predicted octanol–water partition coefficient (Wildman–Crippen LogP) is 4.01. The molecule has 0 saturated heterocycles. The fourth-order valence-corrected chi connectivity index (χ4v) is 1.97. The van der Waals surface area contributed by atoms with Crippen LogP contribution in [-0.4, -0.2) is 13.7 Å². The second-order valence-electron chi connectivity index (χ2n) is 4.64. The normalized spacial score (nSPS) is 10.2. The highest BCUT2D eigenvalue weighted by Crippen LogP contribution is 2.30. The Kier molecular flexibility index (Phi) is 4.88. The number of nitrogens with one attached hydrogen (secondary N) is 1. The zero-order chi connectivity index (χ0) is 14.4. The van der Waals surface area contributed by atoms with Crippen molar-refractivity contribution in [3.63, 3.8) is 0 Å². The minimum absolute atomic E-state index is 0.623. The van der Waals surface area contributed by atoms with Crippen LogP contribution in [0.25, 0.3) is 0 Å². The van der Waals surface area contributed by atoms with E-state index in [1.165, 1.54) is 11.1 Å². The van der Waals surface area contributed by atoms with Crippen molar-refractivity contribution in [3.8, 4) is 11.5 Å². The van der Waals surface area contributed by atoms with E-state index in [2.05, 4.69) is 36.5 Å². The Morgan fingerprint density at radius 3 is 2.40 bits per heavy atom. The van der Waals surface area contributed by atoms with Gasteiger partial charge < -0.3 is 14.8 Å². The van der Waals surface area contributed by atoms with E-state index >= 15 is 0 Å². The first kappa shape index (κ1) is 14.3. The monoisotopic (exact) mass is 271 g/mol. The van der Waals surface area contributed by atoms with Gasteiger partial charge in [0.2, 0.25) is 0 Å². The van der Waals surface area contributed by atoms with E-state index in [-0.39, 0.29) is 0 Å². The van der Waals surface area contributed by atoms with Crippen molar-refractivity contribution in [2.75, 3.05) is 19.0 Å². The molecule has 0 saturated carbocycles. The molecule has 0 amide bonds. The molecule has 0 aliphatic heterocycles. The third-order valence-corrected chi connectivity index (χ3v) is 3.08. The molecule has 0 fully saturated rings. The van der Waals surface area contributed by atoms with Crippen molar-refractivity contribution >= 4 is 5.69 Å². The third-order valence-electron chi connectivity index (χ3n) is 3.08. The van der Waals surface area contributed by atoms with Gasteiger partial charge in [-0.2, -0.15) is 0 Å². The summed E-state index contributed by atoms with van der Waals surface area (Å²) in [5.41, 5.74) is 3.55. The Morgan fingerprint density at radius 1 is 1.00 bits per heavy atom. The van der Waals surface area contributed by atoms with Crippen LogP contribution in [0.1, 0.15) is 18.1 Å². The molecule has 2 aromatic carbocycles. The number of anilines is 1. The summed E-state index contributed by atoms with van der Waals surface area (Å²) in [6.07, 6.45) is 0. The van der Waals surface area contributed by atoms with Gasteiger partial charge in [-0.05, 0) is 31.5 Å². The molecule has 0 aliphatic rings. The standard InChI is InChI=1S/C17H21NO2/c1-4-20-17-11-15(9-10-16(17)19-3)18-12-14-7-5-13(2)6-8-14/h5-11,18H,4,12H2,1-3H3. The van der Waals surface area contributed by atoms with Crippen LogP contribution in [0.3, 0.4) is 0 Å². The van der Waals surface area contributed by atoms with Crippen LogP contribution >= 0.6 is 0 Å². The number of hydrogen-bond acceptors (Lipinski definition) is 3. The van der Waals surface area contributed by atoms with Gasteiger partial charge >= 0.3 is 0 Å². The highest BCUT2D eigenvalue weighted by molar-refractivity contribution is 5.55. The van der Waals surface area contributed by atoms with Gasteiger partial charge in [-0.25, -0.2) is 0 Å². The number of hydrogen-bond donors (Lipinski definition) is 1. The average molecular weight is 271 g/mol. The van der Waals surface area contributed by atoms with Crippen LogP contribution < -0.4 is 14.8 Å². The zero-order valence-corrected chi connectivity index (χ0v) is 12.3. The van der Waals surface area contributed by atoms with Crippen LogP contribution in [0.15, 0.2) is 42.5 Å².